The third kappa shape index (κ3) is 4.36. The number of aromatic nitrogens is 1. The molecule has 2 nitrogen and oxygen atoms in total. The van der Waals surface area contributed by atoms with Crippen molar-refractivity contribution in [1.29, 1.82) is 0 Å². The second kappa shape index (κ2) is 8.43. The van der Waals surface area contributed by atoms with Crippen molar-refractivity contribution in [3.05, 3.63) is 36.2 Å². The molecule has 2 aromatic rings. The molecule has 0 radical (unpaired) electrons. The van der Waals surface area contributed by atoms with Gasteiger partial charge in [0.05, 0.1) is 6.10 Å². The van der Waals surface area contributed by atoms with E-state index >= 15 is 0 Å². The van der Waals surface area contributed by atoms with Crippen molar-refractivity contribution >= 4 is 10.8 Å². The van der Waals surface area contributed by atoms with Crippen LogP contribution in [0.1, 0.15) is 84.3 Å². The smallest absolute Gasteiger partial charge is 0.120 e. The van der Waals surface area contributed by atoms with Crippen molar-refractivity contribution in [3.63, 3.8) is 0 Å². The zero-order valence-electron chi connectivity index (χ0n) is 18.0. The van der Waals surface area contributed by atoms with Crippen molar-refractivity contribution < 1.29 is 4.74 Å². The molecule has 28 heavy (non-hydrogen) atoms. The van der Waals surface area contributed by atoms with Gasteiger partial charge in [-0.05, 0) is 72.9 Å². The number of rotatable bonds is 6. The molecule has 1 aromatic carbocycles. The largest absolute Gasteiger partial charge is 0.490 e. The van der Waals surface area contributed by atoms with Gasteiger partial charge < -0.3 is 4.74 Å². The fourth-order valence-electron chi connectivity index (χ4n) is 5.37. The fraction of sp³-hybridized carbons (Fsp3) is 0.654. The van der Waals surface area contributed by atoms with E-state index in [-0.39, 0.29) is 0 Å². The lowest BCUT2D eigenvalue weighted by Gasteiger charge is -2.38. The average molecular weight is 380 g/mol. The molecule has 1 aromatic heterocycles. The maximum Gasteiger partial charge on any atom is 0.120 e. The molecular formula is C26H37NO. The number of ether oxygens (including phenoxy) is 1. The summed E-state index contributed by atoms with van der Waals surface area (Å²) in [7, 11) is 0. The molecule has 0 aliphatic heterocycles. The van der Waals surface area contributed by atoms with E-state index in [1.807, 2.05) is 6.20 Å². The lowest BCUT2D eigenvalue weighted by molar-refractivity contribution is 0.0780. The van der Waals surface area contributed by atoms with Crippen molar-refractivity contribution in [2.24, 2.45) is 17.3 Å². The Morgan fingerprint density at radius 2 is 1.75 bits per heavy atom. The molecule has 2 fully saturated rings. The quantitative estimate of drug-likeness (QED) is 0.524. The van der Waals surface area contributed by atoms with Gasteiger partial charge in [-0.25, -0.2) is 0 Å². The van der Waals surface area contributed by atoms with Gasteiger partial charge in [0.25, 0.3) is 0 Å². The molecule has 2 aliphatic rings. The van der Waals surface area contributed by atoms with Gasteiger partial charge in [-0.15, -0.1) is 0 Å². The second-order valence-corrected chi connectivity index (χ2v) is 9.93. The standard InChI is InChI=1S/C26H37NO/c1-4-26(2,3)21-10-13-22(14-11-21)28-23-12-9-20-15-16-27-25(24(20)18-23)17-19-7-5-6-8-19/h9,12,15-16,18-19,21-22H,4-8,10-11,13-14,17H2,1-3H3. The van der Waals surface area contributed by atoms with E-state index in [9.17, 15) is 0 Å². The molecule has 2 aliphatic carbocycles. The van der Waals surface area contributed by atoms with E-state index < -0.39 is 0 Å². The van der Waals surface area contributed by atoms with E-state index in [2.05, 4.69) is 45.0 Å². The average Bonchev–Trinajstić information content (AvgIpc) is 3.22. The highest BCUT2D eigenvalue weighted by molar-refractivity contribution is 5.85. The van der Waals surface area contributed by atoms with Crippen LogP contribution >= 0.6 is 0 Å². The Kier molecular flexibility index (Phi) is 5.94. The summed E-state index contributed by atoms with van der Waals surface area (Å²) in [4.78, 5) is 4.75. The van der Waals surface area contributed by atoms with Gasteiger partial charge in [-0.1, -0.05) is 58.9 Å². The first-order valence-electron chi connectivity index (χ1n) is 11.6. The predicted octanol–water partition coefficient (Wildman–Crippen LogP) is 7.34. The summed E-state index contributed by atoms with van der Waals surface area (Å²) in [5.41, 5.74) is 1.73. The molecule has 152 valence electrons. The number of nitrogens with zero attached hydrogens (tertiary/aromatic N) is 1. The van der Waals surface area contributed by atoms with Crippen molar-refractivity contribution in [2.45, 2.75) is 91.1 Å². The van der Waals surface area contributed by atoms with E-state index in [0.29, 0.717) is 11.5 Å². The first-order chi connectivity index (χ1) is 13.5. The number of pyridine rings is 1. The van der Waals surface area contributed by atoms with Gasteiger partial charge >= 0.3 is 0 Å². The lowest BCUT2D eigenvalue weighted by atomic mass is 9.69. The van der Waals surface area contributed by atoms with Gasteiger partial charge in [0, 0.05) is 17.3 Å². The molecule has 0 atom stereocenters. The molecule has 0 saturated heterocycles. The van der Waals surface area contributed by atoms with Crippen molar-refractivity contribution in [2.75, 3.05) is 0 Å². The minimum absolute atomic E-state index is 0.372. The van der Waals surface area contributed by atoms with Crippen LogP contribution in [-0.2, 0) is 6.42 Å². The summed E-state index contributed by atoms with van der Waals surface area (Å²) in [5, 5.41) is 2.59. The summed E-state index contributed by atoms with van der Waals surface area (Å²) in [6, 6.07) is 8.77. The van der Waals surface area contributed by atoms with Gasteiger partial charge in [-0.2, -0.15) is 0 Å². The highest BCUT2D eigenvalue weighted by atomic mass is 16.5. The molecule has 4 rings (SSSR count). The van der Waals surface area contributed by atoms with Gasteiger partial charge in [0.15, 0.2) is 0 Å². The molecule has 1 heterocycles. The van der Waals surface area contributed by atoms with Crippen LogP contribution in [0.25, 0.3) is 10.8 Å². The Bertz CT molecular complexity index is 782. The van der Waals surface area contributed by atoms with Crippen LogP contribution in [0.2, 0.25) is 0 Å². The summed E-state index contributed by atoms with van der Waals surface area (Å²) in [5.74, 6) is 2.70. The Morgan fingerprint density at radius 1 is 1.00 bits per heavy atom. The highest BCUT2D eigenvalue weighted by Gasteiger charge is 2.32. The van der Waals surface area contributed by atoms with Crippen LogP contribution in [0.3, 0.4) is 0 Å². The van der Waals surface area contributed by atoms with Crippen LogP contribution in [0, 0.1) is 17.3 Å². The molecule has 0 spiro atoms. The molecule has 2 saturated carbocycles. The Labute approximate surface area is 171 Å². The maximum atomic E-state index is 6.46. The Balaban J connectivity index is 1.44. The zero-order chi connectivity index (χ0) is 19.6. The molecule has 2 heteroatoms. The van der Waals surface area contributed by atoms with E-state index in [1.165, 1.54) is 74.3 Å². The van der Waals surface area contributed by atoms with Gasteiger partial charge in [0.2, 0.25) is 0 Å². The third-order valence-electron chi connectivity index (χ3n) is 7.77. The minimum atomic E-state index is 0.372. The number of hydrogen-bond donors (Lipinski definition) is 0. The summed E-state index contributed by atoms with van der Waals surface area (Å²) < 4.78 is 6.46. The van der Waals surface area contributed by atoms with E-state index in [1.54, 1.807) is 0 Å². The van der Waals surface area contributed by atoms with Crippen LogP contribution in [0.5, 0.6) is 5.75 Å². The summed E-state index contributed by atoms with van der Waals surface area (Å²) in [6.07, 6.45) is 15.2. The van der Waals surface area contributed by atoms with Crippen LogP contribution in [0.4, 0.5) is 0 Å². The maximum absolute atomic E-state index is 6.46. The monoisotopic (exact) mass is 379 g/mol. The third-order valence-corrected chi connectivity index (χ3v) is 7.77. The topological polar surface area (TPSA) is 22.1 Å². The Morgan fingerprint density at radius 3 is 2.46 bits per heavy atom. The molecule has 0 amide bonds. The first-order valence-corrected chi connectivity index (χ1v) is 11.6. The number of fused-ring (bicyclic) bond motifs is 1. The number of hydrogen-bond acceptors (Lipinski definition) is 2. The molecular weight excluding hydrogens is 342 g/mol. The van der Waals surface area contributed by atoms with E-state index in [4.69, 9.17) is 9.72 Å². The minimum Gasteiger partial charge on any atom is -0.490 e. The van der Waals surface area contributed by atoms with Crippen molar-refractivity contribution in [1.82, 2.24) is 4.98 Å². The number of benzene rings is 1. The molecule has 0 bridgehead atoms. The normalized spacial score (nSPS) is 24.0. The van der Waals surface area contributed by atoms with Crippen LogP contribution in [-0.4, -0.2) is 11.1 Å². The van der Waals surface area contributed by atoms with E-state index in [0.717, 1.165) is 24.0 Å². The molecule has 0 unspecified atom stereocenters. The van der Waals surface area contributed by atoms with Gasteiger partial charge in [0.1, 0.15) is 5.75 Å². The zero-order valence-corrected chi connectivity index (χ0v) is 18.0. The van der Waals surface area contributed by atoms with Crippen LogP contribution < -0.4 is 4.74 Å². The summed E-state index contributed by atoms with van der Waals surface area (Å²) >= 11 is 0. The first kappa shape index (κ1) is 19.7. The Hall–Kier alpha value is -1.57. The summed E-state index contributed by atoms with van der Waals surface area (Å²) in [6.45, 7) is 7.19. The van der Waals surface area contributed by atoms with Gasteiger partial charge in [-0.3, -0.25) is 4.98 Å². The predicted molar refractivity (Wildman–Crippen MR) is 118 cm³/mol. The molecule has 0 N–H and O–H groups in total. The SMILES string of the molecule is CCC(C)(C)C1CCC(Oc2ccc3ccnc(CC4CCCC4)c3c2)CC1. The highest BCUT2D eigenvalue weighted by Crippen LogP contribution is 2.41. The fourth-order valence-corrected chi connectivity index (χ4v) is 5.37. The lowest BCUT2D eigenvalue weighted by Crippen LogP contribution is -2.31. The van der Waals surface area contributed by atoms with Crippen LogP contribution in [0.15, 0.2) is 30.5 Å². The second-order valence-electron chi connectivity index (χ2n) is 9.93. The van der Waals surface area contributed by atoms with Crippen molar-refractivity contribution in [3.8, 4) is 5.75 Å².